The van der Waals surface area contributed by atoms with Crippen molar-refractivity contribution >= 4 is 12.2 Å². The van der Waals surface area contributed by atoms with E-state index in [2.05, 4.69) is 48.6 Å². The van der Waals surface area contributed by atoms with Gasteiger partial charge in [-0.05, 0) is 24.0 Å². The number of nitrogens with two attached hydrogens (primary N) is 1. The van der Waals surface area contributed by atoms with Crippen molar-refractivity contribution < 1.29 is 0 Å². The lowest BCUT2D eigenvalue weighted by molar-refractivity contribution is 0.697. The van der Waals surface area contributed by atoms with Crippen LogP contribution in [-0.4, -0.2) is 6.04 Å². The molecule has 0 saturated carbocycles. The van der Waals surface area contributed by atoms with E-state index in [1.807, 2.05) is 36.4 Å². The van der Waals surface area contributed by atoms with Gasteiger partial charge in [0.2, 0.25) is 0 Å². The van der Waals surface area contributed by atoms with Crippen LogP contribution in [0.1, 0.15) is 24.0 Å². The van der Waals surface area contributed by atoms with Crippen LogP contribution in [0.2, 0.25) is 0 Å². The predicted octanol–water partition coefficient (Wildman–Crippen LogP) is 4.52. The molecule has 102 valence electrons. The first kappa shape index (κ1) is 14.3. The molecule has 2 N–H and O–H groups in total. The van der Waals surface area contributed by atoms with Crippen LogP contribution in [0.15, 0.2) is 72.8 Å². The van der Waals surface area contributed by atoms with Gasteiger partial charge in [0.25, 0.3) is 0 Å². The molecule has 0 radical (unpaired) electrons. The molecule has 1 nitrogen and oxygen atoms in total. The third kappa shape index (κ3) is 5.25. The smallest absolute Gasteiger partial charge is 0.0108 e. The Morgan fingerprint density at radius 3 is 1.50 bits per heavy atom. The molecule has 2 rings (SSSR count). The van der Waals surface area contributed by atoms with Crippen LogP contribution >= 0.6 is 0 Å². The molecule has 0 aliphatic rings. The van der Waals surface area contributed by atoms with E-state index in [9.17, 15) is 0 Å². The third-order valence-electron chi connectivity index (χ3n) is 3.10. The number of benzene rings is 2. The average Bonchev–Trinajstić information content (AvgIpc) is 2.49. The van der Waals surface area contributed by atoms with Crippen molar-refractivity contribution in [1.82, 2.24) is 0 Å². The molecule has 2 aromatic carbocycles. The summed E-state index contributed by atoms with van der Waals surface area (Å²) < 4.78 is 0. The van der Waals surface area contributed by atoms with E-state index in [4.69, 9.17) is 5.73 Å². The van der Waals surface area contributed by atoms with Crippen LogP contribution in [0.5, 0.6) is 0 Å². The van der Waals surface area contributed by atoms with Crippen LogP contribution in [0.4, 0.5) is 0 Å². The first-order chi connectivity index (χ1) is 9.84. The Labute approximate surface area is 121 Å². The molecule has 20 heavy (non-hydrogen) atoms. The van der Waals surface area contributed by atoms with Crippen molar-refractivity contribution in [3.8, 4) is 0 Å². The standard InChI is InChI=1S/C19H21N/c20-19(15-7-13-17-9-3-1-4-10-17)16-8-14-18-11-5-2-6-12-18/h1-14,19H,15-16,20H2. The fourth-order valence-corrected chi connectivity index (χ4v) is 1.98. The van der Waals surface area contributed by atoms with Crippen molar-refractivity contribution in [3.05, 3.63) is 83.9 Å². The second-order valence-corrected chi connectivity index (χ2v) is 4.86. The lowest BCUT2D eigenvalue weighted by Gasteiger charge is -2.04. The van der Waals surface area contributed by atoms with Gasteiger partial charge in [-0.25, -0.2) is 0 Å². The molecular weight excluding hydrogens is 242 g/mol. The van der Waals surface area contributed by atoms with Crippen molar-refractivity contribution in [3.63, 3.8) is 0 Å². The molecule has 0 amide bonds. The molecule has 1 heteroatoms. The SMILES string of the molecule is NC(CC=Cc1ccccc1)CC=Cc1ccccc1. The van der Waals surface area contributed by atoms with Gasteiger partial charge in [0.05, 0.1) is 0 Å². The molecule has 0 bridgehead atoms. The van der Waals surface area contributed by atoms with E-state index in [-0.39, 0.29) is 6.04 Å². The monoisotopic (exact) mass is 263 g/mol. The number of hydrogen-bond acceptors (Lipinski definition) is 1. The van der Waals surface area contributed by atoms with Gasteiger partial charge in [0.15, 0.2) is 0 Å². The van der Waals surface area contributed by atoms with Gasteiger partial charge in [-0.3, -0.25) is 0 Å². The van der Waals surface area contributed by atoms with Crippen LogP contribution in [0.3, 0.4) is 0 Å². The summed E-state index contributed by atoms with van der Waals surface area (Å²) in [5.41, 5.74) is 8.54. The van der Waals surface area contributed by atoms with Crippen LogP contribution in [0.25, 0.3) is 12.2 Å². The maximum atomic E-state index is 6.10. The third-order valence-corrected chi connectivity index (χ3v) is 3.10. The molecule has 0 spiro atoms. The van der Waals surface area contributed by atoms with E-state index in [1.54, 1.807) is 0 Å². The molecule has 0 aliphatic carbocycles. The second-order valence-electron chi connectivity index (χ2n) is 4.86. The molecule has 0 unspecified atom stereocenters. The first-order valence-corrected chi connectivity index (χ1v) is 7.03. The quantitative estimate of drug-likeness (QED) is 0.814. The summed E-state index contributed by atoms with van der Waals surface area (Å²) in [5.74, 6) is 0. The first-order valence-electron chi connectivity index (χ1n) is 7.03. The zero-order chi connectivity index (χ0) is 14.0. The lowest BCUT2D eigenvalue weighted by atomic mass is 10.1. The summed E-state index contributed by atoms with van der Waals surface area (Å²) in [5, 5.41) is 0. The molecule has 0 atom stereocenters. The minimum Gasteiger partial charge on any atom is -0.327 e. The van der Waals surface area contributed by atoms with Gasteiger partial charge in [0.1, 0.15) is 0 Å². The molecule has 0 aromatic heterocycles. The average molecular weight is 263 g/mol. The van der Waals surface area contributed by atoms with E-state index in [0.717, 1.165) is 12.8 Å². The Morgan fingerprint density at radius 2 is 1.10 bits per heavy atom. The lowest BCUT2D eigenvalue weighted by Crippen LogP contribution is -2.17. The zero-order valence-electron chi connectivity index (χ0n) is 11.7. The predicted molar refractivity (Wildman–Crippen MR) is 88.2 cm³/mol. The Hall–Kier alpha value is -2.12. The largest absolute Gasteiger partial charge is 0.327 e. The highest BCUT2D eigenvalue weighted by atomic mass is 14.6. The summed E-state index contributed by atoms with van der Waals surface area (Å²) in [6.45, 7) is 0. The Balaban J connectivity index is 1.74. The molecule has 2 aromatic rings. The molecular formula is C19H21N. The topological polar surface area (TPSA) is 26.0 Å². The van der Waals surface area contributed by atoms with Crippen LogP contribution < -0.4 is 5.73 Å². The molecule has 0 heterocycles. The normalized spacial score (nSPS) is 13.1. The minimum atomic E-state index is 0.176. The Kier molecular flexibility index (Phi) is 5.81. The van der Waals surface area contributed by atoms with Gasteiger partial charge >= 0.3 is 0 Å². The second kappa shape index (κ2) is 8.13. The van der Waals surface area contributed by atoms with Crippen LogP contribution in [0, 0.1) is 0 Å². The Bertz CT molecular complexity index is 489. The fourth-order valence-electron chi connectivity index (χ4n) is 1.98. The zero-order valence-corrected chi connectivity index (χ0v) is 11.7. The van der Waals surface area contributed by atoms with Gasteiger partial charge in [0, 0.05) is 6.04 Å². The van der Waals surface area contributed by atoms with Gasteiger partial charge in [-0.1, -0.05) is 85.0 Å². The highest BCUT2D eigenvalue weighted by Gasteiger charge is 1.96. The minimum absolute atomic E-state index is 0.176. The van der Waals surface area contributed by atoms with E-state index in [1.165, 1.54) is 11.1 Å². The van der Waals surface area contributed by atoms with Crippen molar-refractivity contribution in [1.29, 1.82) is 0 Å². The maximum Gasteiger partial charge on any atom is 0.0108 e. The number of hydrogen-bond donors (Lipinski definition) is 1. The molecule has 0 aliphatic heterocycles. The summed E-state index contributed by atoms with van der Waals surface area (Å²) in [4.78, 5) is 0. The maximum absolute atomic E-state index is 6.10. The van der Waals surface area contributed by atoms with E-state index in [0.29, 0.717) is 0 Å². The van der Waals surface area contributed by atoms with Crippen molar-refractivity contribution in [2.24, 2.45) is 5.73 Å². The fraction of sp³-hybridized carbons (Fsp3) is 0.158. The highest BCUT2D eigenvalue weighted by Crippen LogP contribution is 2.06. The van der Waals surface area contributed by atoms with Gasteiger partial charge in [-0.15, -0.1) is 0 Å². The van der Waals surface area contributed by atoms with Gasteiger partial charge in [-0.2, -0.15) is 0 Å². The Morgan fingerprint density at radius 1 is 0.700 bits per heavy atom. The van der Waals surface area contributed by atoms with Crippen molar-refractivity contribution in [2.45, 2.75) is 18.9 Å². The summed E-state index contributed by atoms with van der Waals surface area (Å²) >= 11 is 0. The summed E-state index contributed by atoms with van der Waals surface area (Å²) in [6, 6.07) is 20.8. The summed E-state index contributed by atoms with van der Waals surface area (Å²) in [7, 11) is 0. The molecule has 0 fully saturated rings. The summed E-state index contributed by atoms with van der Waals surface area (Å²) in [6.07, 6.45) is 10.3. The van der Waals surface area contributed by atoms with Crippen molar-refractivity contribution in [2.75, 3.05) is 0 Å². The van der Waals surface area contributed by atoms with Gasteiger partial charge < -0.3 is 5.73 Å². The highest BCUT2D eigenvalue weighted by molar-refractivity contribution is 5.49. The van der Waals surface area contributed by atoms with E-state index < -0.39 is 0 Å². The molecule has 0 saturated heterocycles. The number of rotatable bonds is 6. The van der Waals surface area contributed by atoms with E-state index >= 15 is 0 Å². The van der Waals surface area contributed by atoms with Crippen LogP contribution in [-0.2, 0) is 0 Å².